The molecule has 15 nitrogen and oxygen atoms in total. The lowest BCUT2D eigenvalue weighted by Gasteiger charge is -2.35. The highest BCUT2D eigenvalue weighted by Gasteiger charge is 2.65. The first-order valence-electron chi connectivity index (χ1n) is 35.9. The van der Waals surface area contributed by atoms with Gasteiger partial charge in [-0.15, -0.1) is 3.71 Å². The Morgan fingerprint density at radius 2 is 0.737 bits per heavy atom. The van der Waals surface area contributed by atoms with Gasteiger partial charge in [0.15, 0.2) is 0 Å². The van der Waals surface area contributed by atoms with Crippen molar-refractivity contribution < 1.29 is 102 Å². The van der Waals surface area contributed by atoms with Crippen molar-refractivity contribution in [2.24, 2.45) is 53.3 Å². The zero-order chi connectivity index (χ0) is 74.4. The predicted octanol–water partition coefficient (Wildman–Crippen LogP) is 18.7. The second kappa shape index (κ2) is 33.3. The third kappa shape index (κ3) is 21.5. The van der Waals surface area contributed by atoms with E-state index in [-0.39, 0.29) is 52.9 Å². The summed E-state index contributed by atoms with van der Waals surface area (Å²) in [6.07, 6.45) is 33.8. The van der Waals surface area contributed by atoms with Crippen LogP contribution in [0.25, 0.3) is 0 Å². The van der Waals surface area contributed by atoms with Gasteiger partial charge in [0.1, 0.15) is 11.5 Å². The number of Topliss-reactive ketones (excluding diaryl/α,β-unsaturated/α-hetero) is 1. The number of sulfonamides is 2. The summed E-state index contributed by atoms with van der Waals surface area (Å²) < 4.78 is 217. The lowest BCUT2D eigenvalue weighted by Crippen LogP contribution is -2.49. The van der Waals surface area contributed by atoms with Crippen LogP contribution in [-0.2, 0) is 67.1 Å². The van der Waals surface area contributed by atoms with E-state index in [0.29, 0.717) is 42.6 Å². The van der Waals surface area contributed by atoms with Crippen LogP contribution in [0.15, 0.2) is 53.7 Å². The van der Waals surface area contributed by atoms with Gasteiger partial charge in [0.2, 0.25) is 0 Å². The second-order valence-corrected chi connectivity index (χ2v) is 37.0. The topological polar surface area (TPSA) is 187 Å². The van der Waals surface area contributed by atoms with E-state index in [2.05, 4.69) is 58.7 Å². The van der Waals surface area contributed by atoms with Crippen LogP contribution < -0.4 is 3.71 Å². The number of para-hydroxylation sites is 1. The van der Waals surface area contributed by atoms with Gasteiger partial charge in [0, 0.05) is 19.3 Å². The Morgan fingerprint density at radius 3 is 1.04 bits per heavy atom. The van der Waals surface area contributed by atoms with E-state index < -0.39 is 70.1 Å². The van der Waals surface area contributed by atoms with Gasteiger partial charge in [-0.1, -0.05) is 103 Å². The van der Waals surface area contributed by atoms with Crippen molar-refractivity contribution in [2.45, 2.75) is 315 Å². The molecule has 3 aliphatic heterocycles. The van der Waals surface area contributed by atoms with Crippen molar-refractivity contribution in [3.63, 3.8) is 0 Å². The Morgan fingerprint density at radius 1 is 0.424 bits per heavy atom. The molecule has 4 saturated carbocycles. The molecule has 7 fully saturated rings. The number of anilines is 1. The quantitative estimate of drug-likeness (QED) is 0.0785. The minimum Gasteiger partial charge on any atom is -0.405 e. The number of hydrogen-bond donors (Lipinski definition) is 0. The standard InChI is InChI=1S/C20H35BO2.C15H23F3O3S.C14H24O.C12H24B2O4.C8H5F6NO4S2/c1-6-15-7-9-16(10-8-15)17-11-13-18(14-12-17)21-22-19(2,3)20(4,5)23-21;1-2-11-3-5-12(6-4-11)13-7-9-14(10-8-13)21-22(19,20)15(16,17)18;1-2-11-3-5-12(6-4-11)13-7-9-14(15)10-8-13;1-9(2)10(3,4)16-13(15-9)14-17-11(5,6)12(7,8)18-14;9-7(10,11)20(16,17)15(6-4-2-1-3-5-6)21(18,19)8(12,13)14/h13,15-17H,6-12,14H2,1-5H3;9,11-13H,2-8,10H2,1H3;11-13H,2-10H2,1H3;1-8H3;1-5H. The maximum atomic E-state index is 12.4. The van der Waals surface area contributed by atoms with Crippen molar-refractivity contribution in [1.29, 1.82) is 0 Å². The number of benzene rings is 1. The minimum atomic E-state index is -6.81. The number of hydrogen-bond acceptors (Lipinski definition) is 14. The fraction of sp³-hybridized carbons (Fsp3) is 0.841. The monoisotopic (exact) mass is 1480 g/mol. The molecule has 566 valence electrons. The number of carbonyl (C=O) groups excluding carboxylic acids is 1. The SMILES string of the molecule is CC1(C)OB(B2OC(C)(C)C(C)(C)O2)OC1(C)C.CCC1CCC(C2CC=C(B3OC(C)(C)C(C)(C)O3)CC2)CC1.CCC1CCC(C2CC=C(OS(=O)(=O)C(F)(F)F)CC2)CC1.CCC1CCC(C2CCC(=O)CC2)CC1.O=S(=O)(N(c1ccccc1)S(=O)(=O)C(F)(F)F)C(F)(F)F. The fourth-order valence-electron chi connectivity index (χ4n) is 14.8. The average molecular weight is 1480 g/mol. The summed E-state index contributed by atoms with van der Waals surface area (Å²) in [6.45, 7) is 31.7. The largest absolute Gasteiger partial charge is 0.534 e. The minimum absolute atomic E-state index is 0.0594. The highest BCUT2D eigenvalue weighted by molar-refractivity contribution is 8.11. The van der Waals surface area contributed by atoms with Crippen LogP contribution in [0.3, 0.4) is 0 Å². The smallest absolute Gasteiger partial charge is 0.405 e. The zero-order valence-electron chi connectivity index (χ0n) is 60.9. The molecular weight excluding hydrogens is 1370 g/mol. The van der Waals surface area contributed by atoms with Gasteiger partial charge in [-0.25, -0.2) is 0 Å². The Labute approximate surface area is 586 Å². The number of alkyl halides is 9. The van der Waals surface area contributed by atoms with Crippen molar-refractivity contribution in [1.82, 2.24) is 0 Å². The number of ketones is 1. The van der Waals surface area contributed by atoms with E-state index in [9.17, 15) is 69.6 Å². The molecule has 6 aliphatic carbocycles. The van der Waals surface area contributed by atoms with Crippen LogP contribution in [0.4, 0.5) is 45.2 Å². The molecule has 2 unspecified atom stereocenters. The number of rotatable bonds is 13. The van der Waals surface area contributed by atoms with Crippen LogP contribution >= 0.6 is 0 Å². The number of allylic oxidation sites excluding steroid dienone is 4. The summed E-state index contributed by atoms with van der Waals surface area (Å²) in [4.78, 5) is 11.2. The first kappa shape index (κ1) is 85.1. The number of carbonyl (C=O) groups is 1. The van der Waals surface area contributed by atoms with Crippen LogP contribution in [0.1, 0.15) is 264 Å². The van der Waals surface area contributed by atoms with Crippen molar-refractivity contribution >= 4 is 62.8 Å². The highest BCUT2D eigenvalue weighted by Crippen LogP contribution is 2.48. The average Bonchev–Trinajstić information content (AvgIpc) is 1.34. The molecule has 0 bridgehead atoms. The Bertz CT molecular complexity index is 3060. The molecule has 0 spiro atoms. The summed E-state index contributed by atoms with van der Waals surface area (Å²) in [5, 5.41) is 0. The summed E-state index contributed by atoms with van der Waals surface area (Å²) in [6, 6.07) is 3.85. The summed E-state index contributed by atoms with van der Waals surface area (Å²) in [5.74, 6) is 8.04. The van der Waals surface area contributed by atoms with Crippen LogP contribution in [0, 0.1) is 53.3 Å². The van der Waals surface area contributed by atoms with Gasteiger partial charge < -0.3 is 32.1 Å². The normalized spacial score (nSPS) is 29.4. The summed E-state index contributed by atoms with van der Waals surface area (Å²) >= 11 is 0. The molecule has 99 heavy (non-hydrogen) atoms. The molecule has 2 atom stereocenters. The molecule has 3 heterocycles. The molecule has 10 rings (SSSR count). The Balaban J connectivity index is 0.000000196. The first-order chi connectivity index (χ1) is 45.4. The van der Waals surface area contributed by atoms with Gasteiger partial charge in [-0.3, -0.25) is 4.79 Å². The van der Waals surface area contributed by atoms with Gasteiger partial charge in [-0.05, 0) is 243 Å². The molecule has 1 aromatic carbocycles. The number of nitrogens with zero attached hydrogens (tertiary/aromatic N) is 1. The van der Waals surface area contributed by atoms with E-state index in [1.807, 2.05) is 55.4 Å². The van der Waals surface area contributed by atoms with Crippen molar-refractivity contribution in [2.75, 3.05) is 3.71 Å². The molecular formula is C69H111B3F9NO14S3. The van der Waals surface area contributed by atoms with E-state index in [0.717, 1.165) is 78.9 Å². The molecule has 0 amide bonds. The fourth-order valence-corrected chi connectivity index (χ4v) is 18.1. The van der Waals surface area contributed by atoms with Crippen LogP contribution in [0.5, 0.6) is 0 Å². The third-order valence-corrected chi connectivity index (χ3v) is 28.3. The molecule has 1 aromatic rings. The summed E-state index contributed by atoms with van der Waals surface area (Å²) in [7, 11) is -20.2. The van der Waals surface area contributed by atoms with Gasteiger partial charge in [0.25, 0.3) is 0 Å². The van der Waals surface area contributed by atoms with Crippen LogP contribution in [-0.4, -0.2) is 102 Å². The molecule has 3 saturated heterocycles. The van der Waals surface area contributed by atoms with Gasteiger partial charge >= 0.3 is 67.8 Å². The first-order valence-corrected chi connectivity index (χ1v) is 40.2. The van der Waals surface area contributed by atoms with Gasteiger partial charge in [0.05, 0.1) is 39.3 Å². The molecule has 9 aliphatic rings. The zero-order valence-corrected chi connectivity index (χ0v) is 63.4. The molecule has 30 heteroatoms. The van der Waals surface area contributed by atoms with Crippen molar-refractivity contribution in [3.05, 3.63) is 53.7 Å². The van der Waals surface area contributed by atoms with Gasteiger partial charge in [-0.2, -0.15) is 64.8 Å². The van der Waals surface area contributed by atoms with Crippen LogP contribution in [0.2, 0.25) is 0 Å². The Kier molecular flexibility index (Phi) is 28.6. The summed E-state index contributed by atoms with van der Waals surface area (Å²) in [5.41, 5.74) is -19.6. The van der Waals surface area contributed by atoms with E-state index in [1.165, 1.54) is 134 Å². The third-order valence-electron chi connectivity index (χ3n) is 23.7. The Hall–Kier alpha value is -2.86. The van der Waals surface area contributed by atoms with E-state index >= 15 is 0 Å². The maximum Gasteiger partial charge on any atom is 0.534 e. The number of halogens is 9. The predicted molar refractivity (Wildman–Crippen MR) is 368 cm³/mol. The second-order valence-electron chi connectivity index (χ2n) is 31.7. The molecule has 0 radical (unpaired) electrons. The van der Waals surface area contributed by atoms with E-state index in [1.54, 1.807) is 0 Å². The maximum absolute atomic E-state index is 12.4. The van der Waals surface area contributed by atoms with Crippen molar-refractivity contribution in [3.8, 4) is 0 Å². The molecule has 0 N–H and O–H groups in total. The molecule has 0 aromatic heterocycles. The lowest BCUT2D eigenvalue weighted by molar-refractivity contribution is -0.121. The van der Waals surface area contributed by atoms with E-state index in [4.69, 9.17) is 27.9 Å². The lowest BCUT2D eigenvalue weighted by atomic mass is 9.49. The highest BCUT2D eigenvalue weighted by atomic mass is 32.3.